The first-order valence-electron chi connectivity index (χ1n) is 7.32. The number of hydrogen-bond acceptors (Lipinski definition) is 2. The summed E-state index contributed by atoms with van der Waals surface area (Å²) < 4.78 is 54.8. The Morgan fingerprint density at radius 3 is 2.50 bits per heavy atom. The summed E-state index contributed by atoms with van der Waals surface area (Å²) in [5.41, 5.74) is -0.731. The smallest absolute Gasteiger partial charge is 0.171 e. The number of anilines is 1. The van der Waals surface area contributed by atoms with Gasteiger partial charge in [-0.1, -0.05) is 13.3 Å². The van der Waals surface area contributed by atoms with E-state index >= 15 is 0 Å². The molecule has 0 unspecified atom stereocenters. The number of hydrogen-bond donors (Lipinski definition) is 2. The number of rotatable bonds is 6. The SMILES string of the molecule is CCCCNC(=S)Nc1ccn(Cc2c(F)c(F)cc(F)c2F)n1. The molecule has 0 saturated carbocycles. The lowest BCUT2D eigenvalue weighted by Crippen LogP contribution is -2.29. The maximum absolute atomic E-state index is 13.6. The number of unbranched alkanes of at least 4 members (excludes halogenated alkanes) is 1. The molecule has 0 aliphatic carbocycles. The van der Waals surface area contributed by atoms with E-state index in [0.717, 1.165) is 17.5 Å². The Hall–Kier alpha value is -2.16. The van der Waals surface area contributed by atoms with Gasteiger partial charge in [-0.2, -0.15) is 5.10 Å². The first-order chi connectivity index (χ1) is 11.4. The van der Waals surface area contributed by atoms with Crippen molar-refractivity contribution in [2.24, 2.45) is 0 Å². The van der Waals surface area contributed by atoms with E-state index < -0.39 is 35.4 Å². The van der Waals surface area contributed by atoms with Gasteiger partial charge in [0.2, 0.25) is 0 Å². The molecule has 1 aromatic heterocycles. The van der Waals surface area contributed by atoms with E-state index in [1.807, 2.05) is 6.92 Å². The second-order valence-electron chi connectivity index (χ2n) is 5.08. The van der Waals surface area contributed by atoms with Crippen molar-refractivity contribution in [1.29, 1.82) is 0 Å². The van der Waals surface area contributed by atoms with Crippen LogP contribution in [0.25, 0.3) is 0 Å². The second kappa shape index (κ2) is 8.09. The molecule has 9 heteroatoms. The molecule has 0 amide bonds. The molecule has 0 radical (unpaired) electrons. The lowest BCUT2D eigenvalue weighted by atomic mass is 10.2. The third kappa shape index (κ3) is 4.44. The fraction of sp³-hybridized carbons (Fsp3) is 0.333. The van der Waals surface area contributed by atoms with Crippen LogP contribution in [0.2, 0.25) is 0 Å². The van der Waals surface area contributed by atoms with Crippen molar-refractivity contribution in [3.05, 3.63) is 47.2 Å². The summed E-state index contributed by atoms with van der Waals surface area (Å²) >= 11 is 5.07. The van der Waals surface area contributed by atoms with Gasteiger partial charge in [0.15, 0.2) is 34.2 Å². The highest BCUT2D eigenvalue weighted by Gasteiger charge is 2.19. The first-order valence-corrected chi connectivity index (χ1v) is 7.73. The molecule has 2 aromatic rings. The van der Waals surface area contributed by atoms with Crippen LogP contribution >= 0.6 is 12.2 Å². The summed E-state index contributed by atoms with van der Waals surface area (Å²) in [4.78, 5) is 0. The summed E-state index contributed by atoms with van der Waals surface area (Å²) in [7, 11) is 0. The molecule has 0 fully saturated rings. The van der Waals surface area contributed by atoms with Gasteiger partial charge in [-0.15, -0.1) is 0 Å². The van der Waals surface area contributed by atoms with E-state index in [4.69, 9.17) is 12.2 Å². The average molecular weight is 360 g/mol. The number of thiocarbonyl (C=S) groups is 1. The predicted octanol–water partition coefficient (Wildman–Crippen LogP) is 3.57. The Morgan fingerprint density at radius 2 is 1.88 bits per heavy atom. The molecule has 2 N–H and O–H groups in total. The first kappa shape index (κ1) is 18.2. The Kier molecular flexibility index (Phi) is 6.13. The van der Waals surface area contributed by atoms with Crippen molar-refractivity contribution >= 4 is 23.1 Å². The third-order valence-corrected chi connectivity index (χ3v) is 3.47. The van der Waals surface area contributed by atoms with Crippen molar-refractivity contribution in [1.82, 2.24) is 15.1 Å². The Labute approximate surface area is 141 Å². The zero-order chi connectivity index (χ0) is 17.7. The van der Waals surface area contributed by atoms with Gasteiger partial charge >= 0.3 is 0 Å². The number of nitrogens with zero attached hydrogens (tertiary/aromatic N) is 2. The number of benzene rings is 1. The van der Waals surface area contributed by atoms with Crippen LogP contribution in [-0.4, -0.2) is 21.4 Å². The molecule has 0 aliphatic rings. The number of aromatic nitrogens is 2. The molecule has 130 valence electrons. The third-order valence-electron chi connectivity index (χ3n) is 3.22. The second-order valence-corrected chi connectivity index (χ2v) is 5.49. The van der Waals surface area contributed by atoms with E-state index in [2.05, 4.69) is 15.7 Å². The van der Waals surface area contributed by atoms with Crippen molar-refractivity contribution in [3.63, 3.8) is 0 Å². The molecule has 0 spiro atoms. The van der Waals surface area contributed by atoms with Gasteiger partial charge in [-0.05, 0) is 18.6 Å². The molecule has 0 aliphatic heterocycles. The van der Waals surface area contributed by atoms with Crippen LogP contribution in [-0.2, 0) is 6.54 Å². The molecular formula is C15H16F4N4S. The number of nitrogens with one attached hydrogen (secondary N) is 2. The molecule has 2 rings (SSSR count). The molecule has 1 heterocycles. The molecule has 1 aromatic carbocycles. The minimum Gasteiger partial charge on any atom is -0.362 e. The van der Waals surface area contributed by atoms with Crippen LogP contribution in [0.3, 0.4) is 0 Å². The maximum atomic E-state index is 13.6. The summed E-state index contributed by atoms with van der Waals surface area (Å²) in [6.45, 7) is 2.30. The average Bonchev–Trinajstić information content (AvgIpc) is 2.97. The van der Waals surface area contributed by atoms with Gasteiger partial charge in [0, 0.05) is 24.9 Å². The molecule has 4 nitrogen and oxygen atoms in total. The van der Waals surface area contributed by atoms with Gasteiger partial charge in [0.25, 0.3) is 0 Å². The van der Waals surface area contributed by atoms with E-state index in [1.54, 1.807) is 0 Å². The lowest BCUT2D eigenvalue weighted by Gasteiger charge is -2.08. The van der Waals surface area contributed by atoms with Gasteiger partial charge in [-0.3, -0.25) is 4.68 Å². The van der Waals surface area contributed by atoms with Gasteiger partial charge in [0.05, 0.1) is 12.1 Å². The van der Waals surface area contributed by atoms with Crippen molar-refractivity contribution in [3.8, 4) is 0 Å². The van der Waals surface area contributed by atoms with Crippen molar-refractivity contribution in [2.45, 2.75) is 26.3 Å². The minimum atomic E-state index is -1.45. The highest BCUT2D eigenvalue weighted by molar-refractivity contribution is 7.80. The quantitative estimate of drug-likeness (QED) is 0.358. The fourth-order valence-corrected chi connectivity index (χ4v) is 2.19. The monoisotopic (exact) mass is 360 g/mol. The van der Waals surface area contributed by atoms with Gasteiger partial charge < -0.3 is 10.6 Å². The van der Waals surface area contributed by atoms with E-state index in [0.29, 0.717) is 17.5 Å². The van der Waals surface area contributed by atoms with E-state index in [9.17, 15) is 17.6 Å². The Morgan fingerprint density at radius 1 is 1.21 bits per heavy atom. The van der Waals surface area contributed by atoms with Crippen LogP contribution in [0.5, 0.6) is 0 Å². The normalized spacial score (nSPS) is 10.7. The fourth-order valence-electron chi connectivity index (χ4n) is 1.98. The topological polar surface area (TPSA) is 41.9 Å². The zero-order valence-electron chi connectivity index (χ0n) is 12.9. The minimum absolute atomic E-state index is 0.171. The summed E-state index contributed by atoms with van der Waals surface area (Å²) in [6.07, 6.45) is 3.39. The Bertz CT molecular complexity index is 706. The van der Waals surface area contributed by atoms with Crippen LogP contribution in [0.15, 0.2) is 18.3 Å². The van der Waals surface area contributed by atoms with Crippen molar-refractivity contribution in [2.75, 3.05) is 11.9 Å². The molecule has 0 saturated heterocycles. The highest BCUT2D eigenvalue weighted by atomic mass is 32.1. The van der Waals surface area contributed by atoms with Crippen LogP contribution in [0.4, 0.5) is 23.4 Å². The number of halogens is 4. The summed E-state index contributed by atoms with van der Waals surface area (Å²) in [5.74, 6) is -5.42. The maximum Gasteiger partial charge on any atom is 0.171 e. The van der Waals surface area contributed by atoms with E-state index in [-0.39, 0.29) is 6.07 Å². The largest absolute Gasteiger partial charge is 0.362 e. The molecule has 0 bridgehead atoms. The van der Waals surface area contributed by atoms with Crippen LogP contribution < -0.4 is 10.6 Å². The lowest BCUT2D eigenvalue weighted by molar-refractivity contribution is 0.431. The molecule has 0 atom stereocenters. The molecule has 24 heavy (non-hydrogen) atoms. The highest BCUT2D eigenvalue weighted by Crippen LogP contribution is 2.20. The van der Waals surface area contributed by atoms with Crippen LogP contribution in [0.1, 0.15) is 25.3 Å². The standard InChI is InChI=1S/C15H16F4N4S/c1-2-3-5-20-15(24)21-12-4-6-23(22-12)8-9-13(18)10(16)7-11(17)14(9)19/h4,6-7H,2-3,5,8H2,1H3,(H2,20,21,22,24). The van der Waals surface area contributed by atoms with Gasteiger partial charge in [-0.25, -0.2) is 17.6 Å². The summed E-state index contributed by atoms with van der Waals surface area (Å²) in [6, 6.07) is 1.70. The molecular weight excluding hydrogens is 344 g/mol. The Balaban J connectivity index is 2.06. The van der Waals surface area contributed by atoms with E-state index in [1.165, 1.54) is 12.3 Å². The summed E-state index contributed by atoms with van der Waals surface area (Å²) in [5, 5.41) is 10.2. The van der Waals surface area contributed by atoms with Gasteiger partial charge in [0.1, 0.15) is 0 Å². The van der Waals surface area contributed by atoms with Crippen molar-refractivity contribution < 1.29 is 17.6 Å². The van der Waals surface area contributed by atoms with Crippen LogP contribution in [0, 0.1) is 23.3 Å². The predicted molar refractivity (Wildman–Crippen MR) is 86.7 cm³/mol. The zero-order valence-corrected chi connectivity index (χ0v) is 13.7.